The molecular weight excluding hydrogens is 186 g/mol. The van der Waals surface area contributed by atoms with Crippen molar-refractivity contribution < 1.29 is 0 Å². The zero-order chi connectivity index (χ0) is 11.5. The van der Waals surface area contributed by atoms with Gasteiger partial charge in [0.25, 0.3) is 0 Å². The van der Waals surface area contributed by atoms with E-state index in [4.69, 9.17) is 5.73 Å². The molecule has 0 bridgehead atoms. The average Bonchev–Trinajstić information content (AvgIpc) is 2.59. The Kier molecular flexibility index (Phi) is 3.91. The van der Waals surface area contributed by atoms with Crippen LogP contribution in [0, 0.1) is 11.3 Å². The second-order valence-electron chi connectivity index (χ2n) is 5.21. The molecule has 86 valence electrons. The molecule has 15 heavy (non-hydrogen) atoms. The van der Waals surface area contributed by atoms with E-state index in [0.717, 1.165) is 19.5 Å². The molecular formula is C12H23N3. The van der Waals surface area contributed by atoms with Crippen molar-refractivity contribution in [2.45, 2.75) is 40.7 Å². The highest BCUT2D eigenvalue weighted by Crippen LogP contribution is 2.27. The van der Waals surface area contributed by atoms with Gasteiger partial charge in [-0.3, -0.25) is 4.68 Å². The van der Waals surface area contributed by atoms with Gasteiger partial charge in [0.1, 0.15) is 0 Å². The van der Waals surface area contributed by atoms with Crippen LogP contribution < -0.4 is 5.73 Å². The van der Waals surface area contributed by atoms with Crippen LogP contribution >= 0.6 is 0 Å². The second-order valence-corrected chi connectivity index (χ2v) is 5.21. The Hall–Kier alpha value is -0.830. The summed E-state index contributed by atoms with van der Waals surface area (Å²) < 4.78 is 1.96. The van der Waals surface area contributed by atoms with Crippen LogP contribution in [0.4, 0.5) is 0 Å². The number of nitrogens with zero attached hydrogens (tertiary/aromatic N) is 2. The van der Waals surface area contributed by atoms with Gasteiger partial charge >= 0.3 is 0 Å². The maximum atomic E-state index is 5.82. The first-order valence-electron chi connectivity index (χ1n) is 5.68. The number of rotatable bonds is 4. The molecule has 2 N–H and O–H groups in total. The lowest BCUT2D eigenvalue weighted by Crippen LogP contribution is -2.29. The lowest BCUT2D eigenvalue weighted by molar-refractivity contribution is 0.246. The fourth-order valence-electron chi connectivity index (χ4n) is 1.71. The zero-order valence-electron chi connectivity index (χ0n) is 10.3. The van der Waals surface area contributed by atoms with Crippen LogP contribution in [0.1, 0.15) is 33.3 Å². The summed E-state index contributed by atoms with van der Waals surface area (Å²) in [6, 6.07) is 0. The number of aryl methyl sites for hydroxylation is 1. The summed E-state index contributed by atoms with van der Waals surface area (Å²) in [5.74, 6) is 0.520. The monoisotopic (exact) mass is 209 g/mol. The molecule has 3 nitrogen and oxygen atoms in total. The van der Waals surface area contributed by atoms with Crippen molar-refractivity contribution in [1.29, 1.82) is 0 Å². The molecule has 0 aliphatic rings. The van der Waals surface area contributed by atoms with Crippen molar-refractivity contribution in [1.82, 2.24) is 9.78 Å². The molecule has 1 rings (SSSR count). The molecule has 0 saturated carbocycles. The third-order valence-electron chi connectivity index (χ3n) is 3.00. The van der Waals surface area contributed by atoms with E-state index in [1.807, 2.05) is 10.9 Å². The van der Waals surface area contributed by atoms with Crippen molar-refractivity contribution in [3.63, 3.8) is 0 Å². The SMILES string of the molecule is CCn1cc(CC(CN)C(C)(C)C)cn1. The Morgan fingerprint density at radius 2 is 2.13 bits per heavy atom. The van der Waals surface area contributed by atoms with Gasteiger partial charge in [-0.15, -0.1) is 0 Å². The topological polar surface area (TPSA) is 43.8 Å². The predicted octanol–water partition coefficient (Wildman–Crippen LogP) is 2.07. The summed E-state index contributed by atoms with van der Waals surface area (Å²) in [7, 11) is 0. The number of nitrogens with two attached hydrogens (primary N) is 1. The first-order valence-corrected chi connectivity index (χ1v) is 5.68. The van der Waals surface area contributed by atoms with Crippen LogP contribution in [-0.2, 0) is 13.0 Å². The highest BCUT2D eigenvalue weighted by molar-refractivity contribution is 5.06. The van der Waals surface area contributed by atoms with Crippen LogP contribution in [0.15, 0.2) is 12.4 Å². The van der Waals surface area contributed by atoms with E-state index >= 15 is 0 Å². The van der Waals surface area contributed by atoms with E-state index in [1.165, 1.54) is 5.56 Å². The van der Waals surface area contributed by atoms with Crippen molar-refractivity contribution >= 4 is 0 Å². The normalized spacial score (nSPS) is 14.2. The van der Waals surface area contributed by atoms with Gasteiger partial charge in [-0.05, 0) is 36.8 Å². The van der Waals surface area contributed by atoms with E-state index in [1.54, 1.807) is 0 Å². The van der Waals surface area contributed by atoms with E-state index in [0.29, 0.717) is 5.92 Å². The lowest BCUT2D eigenvalue weighted by atomic mass is 9.78. The van der Waals surface area contributed by atoms with Crippen LogP contribution in [0.2, 0.25) is 0 Å². The molecule has 1 unspecified atom stereocenters. The van der Waals surface area contributed by atoms with Gasteiger partial charge in [0.15, 0.2) is 0 Å². The highest BCUT2D eigenvalue weighted by Gasteiger charge is 2.23. The van der Waals surface area contributed by atoms with E-state index in [-0.39, 0.29) is 5.41 Å². The molecule has 1 atom stereocenters. The van der Waals surface area contributed by atoms with Gasteiger partial charge in [0, 0.05) is 12.7 Å². The van der Waals surface area contributed by atoms with Crippen LogP contribution in [0.5, 0.6) is 0 Å². The van der Waals surface area contributed by atoms with Gasteiger partial charge in [0.05, 0.1) is 6.20 Å². The molecule has 0 aliphatic heterocycles. The van der Waals surface area contributed by atoms with Gasteiger partial charge in [-0.2, -0.15) is 5.10 Å². The standard InChI is InChI=1S/C12H23N3/c1-5-15-9-10(8-14-15)6-11(7-13)12(2,3)4/h8-9,11H,5-7,13H2,1-4H3. The Morgan fingerprint density at radius 3 is 2.53 bits per heavy atom. The van der Waals surface area contributed by atoms with Gasteiger partial charge in [0.2, 0.25) is 0 Å². The molecule has 0 aromatic carbocycles. The van der Waals surface area contributed by atoms with Crippen molar-refractivity contribution in [2.24, 2.45) is 17.1 Å². The molecule has 0 spiro atoms. The minimum atomic E-state index is 0.267. The van der Waals surface area contributed by atoms with Crippen LogP contribution in [0.25, 0.3) is 0 Å². The molecule has 1 aromatic heterocycles. The fourth-order valence-corrected chi connectivity index (χ4v) is 1.71. The summed E-state index contributed by atoms with van der Waals surface area (Å²) in [6.07, 6.45) is 5.10. The molecule has 0 aliphatic carbocycles. The Bertz CT molecular complexity index is 296. The quantitative estimate of drug-likeness (QED) is 0.825. The lowest BCUT2D eigenvalue weighted by Gasteiger charge is -2.29. The predicted molar refractivity (Wildman–Crippen MR) is 63.6 cm³/mol. The maximum absolute atomic E-state index is 5.82. The third kappa shape index (κ3) is 3.34. The molecule has 0 saturated heterocycles. The van der Waals surface area contributed by atoms with Crippen LogP contribution in [0.3, 0.4) is 0 Å². The Balaban J connectivity index is 2.67. The number of aromatic nitrogens is 2. The molecule has 0 amide bonds. The van der Waals surface area contributed by atoms with E-state index < -0.39 is 0 Å². The highest BCUT2D eigenvalue weighted by atomic mass is 15.3. The van der Waals surface area contributed by atoms with Gasteiger partial charge in [-0.1, -0.05) is 20.8 Å². The smallest absolute Gasteiger partial charge is 0.0521 e. The van der Waals surface area contributed by atoms with E-state index in [9.17, 15) is 0 Å². The van der Waals surface area contributed by atoms with Crippen LogP contribution in [-0.4, -0.2) is 16.3 Å². The van der Waals surface area contributed by atoms with Gasteiger partial charge < -0.3 is 5.73 Å². The summed E-state index contributed by atoms with van der Waals surface area (Å²) >= 11 is 0. The van der Waals surface area contributed by atoms with Crippen molar-refractivity contribution in [3.05, 3.63) is 18.0 Å². The summed E-state index contributed by atoms with van der Waals surface area (Å²) in [4.78, 5) is 0. The Morgan fingerprint density at radius 1 is 1.47 bits per heavy atom. The first kappa shape index (κ1) is 12.2. The first-order chi connectivity index (χ1) is 6.97. The molecule has 0 fully saturated rings. The fraction of sp³-hybridized carbons (Fsp3) is 0.750. The molecule has 1 heterocycles. The zero-order valence-corrected chi connectivity index (χ0v) is 10.3. The minimum absolute atomic E-state index is 0.267. The molecule has 1 aromatic rings. The third-order valence-corrected chi connectivity index (χ3v) is 3.00. The van der Waals surface area contributed by atoms with Crippen molar-refractivity contribution in [3.8, 4) is 0 Å². The summed E-state index contributed by atoms with van der Waals surface area (Å²) in [6.45, 7) is 10.5. The van der Waals surface area contributed by atoms with E-state index in [2.05, 4.69) is 39.0 Å². The largest absolute Gasteiger partial charge is 0.330 e. The molecule has 0 radical (unpaired) electrons. The molecule has 3 heteroatoms. The summed E-state index contributed by atoms with van der Waals surface area (Å²) in [5.41, 5.74) is 7.38. The number of hydrogen-bond donors (Lipinski definition) is 1. The summed E-state index contributed by atoms with van der Waals surface area (Å²) in [5, 5.41) is 4.28. The van der Waals surface area contributed by atoms with Crippen molar-refractivity contribution in [2.75, 3.05) is 6.54 Å². The maximum Gasteiger partial charge on any atom is 0.0521 e. The average molecular weight is 209 g/mol. The number of hydrogen-bond acceptors (Lipinski definition) is 2. The Labute approximate surface area is 92.7 Å². The van der Waals surface area contributed by atoms with Gasteiger partial charge in [-0.25, -0.2) is 0 Å². The second kappa shape index (κ2) is 4.79. The minimum Gasteiger partial charge on any atom is -0.330 e.